The van der Waals surface area contributed by atoms with Gasteiger partial charge in [-0.2, -0.15) is 0 Å². The average Bonchev–Trinajstić information content (AvgIpc) is 2.27. The molecule has 2 rings (SSSR count). The van der Waals surface area contributed by atoms with E-state index in [2.05, 4.69) is 24.0 Å². The van der Waals surface area contributed by atoms with E-state index in [1.807, 2.05) is 20.0 Å². The monoisotopic (exact) mass is 219 g/mol. The van der Waals surface area contributed by atoms with Gasteiger partial charge in [-0.15, -0.1) is 0 Å². The molecule has 1 aliphatic carbocycles. The van der Waals surface area contributed by atoms with Gasteiger partial charge in [0, 0.05) is 18.0 Å². The first-order valence-electron chi connectivity index (χ1n) is 6.10. The van der Waals surface area contributed by atoms with E-state index in [0.717, 1.165) is 12.2 Å². The van der Waals surface area contributed by atoms with Crippen LogP contribution in [0.4, 0.5) is 0 Å². The van der Waals surface area contributed by atoms with Crippen molar-refractivity contribution >= 4 is 0 Å². The Bertz CT molecular complexity index is 337. The average molecular weight is 219 g/mol. The maximum atomic E-state index is 6.16. The second kappa shape index (κ2) is 4.46. The van der Waals surface area contributed by atoms with Crippen LogP contribution in [0.2, 0.25) is 0 Å². The Morgan fingerprint density at radius 2 is 2.25 bits per heavy atom. The molecule has 1 saturated carbocycles. The molecule has 88 valence electrons. The van der Waals surface area contributed by atoms with Gasteiger partial charge >= 0.3 is 0 Å². The van der Waals surface area contributed by atoms with Crippen LogP contribution in [-0.4, -0.2) is 18.7 Å². The minimum atomic E-state index is 0.119. The minimum Gasteiger partial charge on any atom is -0.487 e. The van der Waals surface area contributed by atoms with Crippen LogP contribution in [0, 0.1) is 0 Å². The van der Waals surface area contributed by atoms with Gasteiger partial charge in [-0.3, -0.25) is 0 Å². The fourth-order valence-electron chi connectivity index (χ4n) is 2.67. The van der Waals surface area contributed by atoms with Crippen molar-refractivity contribution in [2.45, 2.75) is 44.2 Å². The topological polar surface area (TPSA) is 21.3 Å². The van der Waals surface area contributed by atoms with E-state index in [1.165, 1.54) is 24.8 Å². The lowest BCUT2D eigenvalue weighted by Gasteiger charge is -2.49. The smallest absolute Gasteiger partial charge is 0.120 e. The summed E-state index contributed by atoms with van der Waals surface area (Å²) in [5.74, 6) is 1.03. The van der Waals surface area contributed by atoms with Crippen molar-refractivity contribution in [1.29, 1.82) is 0 Å². The van der Waals surface area contributed by atoms with E-state index in [4.69, 9.17) is 4.74 Å². The van der Waals surface area contributed by atoms with Gasteiger partial charge in [-0.05, 0) is 39.3 Å². The molecule has 1 heterocycles. The zero-order valence-corrected chi connectivity index (χ0v) is 10.3. The SMILES string of the molecule is C=C/C=C1\C(=C/C)OC2(CCC2)CC1NC. The molecule has 0 bridgehead atoms. The van der Waals surface area contributed by atoms with Gasteiger partial charge in [0.15, 0.2) is 0 Å². The molecule has 16 heavy (non-hydrogen) atoms. The molecule has 1 aliphatic heterocycles. The van der Waals surface area contributed by atoms with Gasteiger partial charge in [0.2, 0.25) is 0 Å². The number of rotatable bonds is 2. The quantitative estimate of drug-likeness (QED) is 0.771. The zero-order chi connectivity index (χ0) is 11.6. The Morgan fingerprint density at radius 1 is 1.50 bits per heavy atom. The first kappa shape index (κ1) is 11.5. The molecule has 0 aromatic carbocycles. The Kier molecular flexibility index (Phi) is 3.20. The standard InChI is InChI=1S/C14H21NO/c1-4-7-11-12(15-3)10-14(8-6-9-14)16-13(11)5-2/h4-5,7,12,15H,1,6,8-10H2,2-3H3/b11-7-,13-5+. The summed E-state index contributed by atoms with van der Waals surface area (Å²) in [4.78, 5) is 0. The highest BCUT2D eigenvalue weighted by Gasteiger charge is 2.46. The molecule has 0 aromatic rings. The van der Waals surface area contributed by atoms with Gasteiger partial charge in [0.25, 0.3) is 0 Å². The molecule has 1 atom stereocenters. The summed E-state index contributed by atoms with van der Waals surface area (Å²) in [5, 5.41) is 3.39. The largest absolute Gasteiger partial charge is 0.487 e. The third kappa shape index (κ3) is 1.82. The van der Waals surface area contributed by atoms with Crippen LogP contribution < -0.4 is 5.32 Å². The van der Waals surface area contributed by atoms with Crippen LogP contribution in [0.5, 0.6) is 0 Å². The predicted octanol–water partition coefficient (Wildman–Crippen LogP) is 2.93. The molecule has 1 N–H and O–H groups in total. The predicted molar refractivity (Wildman–Crippen MR) is 67.2 cm³/mol. The minimum absolute atomic E-state index is 0.119. The van der Waals surface area contributed by atoms with Crippen molar-refractivity contribution in [3.63, 3.8) is 0 Å². The lowest BCUT2D eigenvalue weighted by molar-refractivity contribution is -0.0835. The molecule has 2 heteroatoms. The lowest BCUT2D eigenvalue weighted by atomic mass is 9.72. The molecule has 2 aliphatic rings. The Labute approximate surface area is 98.1 Å². The third-order valence-electron chi connectivity index (χ3n) is 3.74. The first-order valence-corrected chi connectivity index (χ1v) is 6.10. The summed E-state index contributed by atoms with van der Waals surface area (Å²) in [5.41, 5.74) is 1.35. The number of ether oxygens (including phenoxy) is 1. The zero-order valence-electron chi connectivity index (χ0n) is 10.3. The fraction of sp³-hybridized carbons (Fsp3) is 0.571. The molecule has 0 aromatic heterocycles. The second-order valence-electron chi connectivity index (χ2n) is 4.69. The number of allylic oxidation sites excluding steroid dienone is 3. The number of likely N-dealkylation sites (N-methyl/N-ethyl adjacent to an activating group) is 1. The van der Waals surface area contributed by atoms with Crippen LogP contribution in [-0.2, 0) is 4.74 Å². The summed E-state index contributed by atoms with van der Waals surface area (Å²) in [6.07, 6.45) is 10.7. The van der Waals surface area contributed by atoms with Crippen molar-refractivity contribution in [2.75, 3.05) is 7.05 Å². The van der Waals surface area contributed by atoms with Crippen LogP contribution in [0.25, 0.3) is 0 Å². The van der Waals surface area contributed by atoms with Crippen molar-refractivity contribution in [3.8, 4) is 0 Å². The van der Waals surface area contributed by atoms with Gasteiger partial charge < -0.3 is 10.1 Å². The van der Waals surface area contributed by atoms with E-state index in [9.17, 15) is 0 Å². The normalized spacial score (nSPS) is 32.5. The fourth-order valence-corrected chi connectivity index (χ4v) is 2.67. The molecule has 1 saturated heterocycles. The number of nitrogens with one attached hydrogen (secondary N) is 1. The Balaban J connectivity index is 2.27. The van der Waals surface area contributed by atoms with Crippen molar-refractivity contribution in [2.24, 2.45) is 0 Å². The van der Waals surface area contributed by atoms with Crippen molar-refractivity contribution in [3.05, 3.63) is 36.1 Å². The molecule has 0 amide bonds. The molecular formula is C14H21NO. The van der Waals surface area contributed by atoms with Gasteiger partial charge in [-0.25, -0.2) is 0 Å². The highest BCUT2D eigenvalue weighted by molar-refractivity contribution is 5.37. The maximum absolute atomic E-state index is 6.16. The van der Waals surface area contributed by atoms with E-state index in [0.29, 0.717) is 6.04 Å². The molecule has 2 fully saturated rings. The Morgan fingerprint density at radius 3 is 2.69 bits per heavy atom. The number of hydrogen-bond donors (Lipinski definition) is 1. The van der Waals surface area contributed by atoms with Gasteiger partial charge in [-0.1, -0.05) is 18.7 Å². The van der Waals surface area contributed by atoms with Crippen molar-refractivity contribution in [1.82, 2.24) is 5.32 Å². The Hall–Kier alpha value is -1.02. The summed E-state index contributed by atoms with van der Waals surface area (Å²) >= 11 is 0. The second-order valence-corrected chi connectivity index (χ2v) is 4.69. The van der Waals surface area contributed by atoms with Crippen LogP contribution >= 0.6 is 0 Å². The molecule has 1 spiro atoms. The van der Waals surface area contributed by atoms with E-state index in [1.54, 1.807) is 0 Å². The van der Waals surface area contributed by atoms with Crippen LogP contribution in [0.1, 0.15) is 32.6 Å². The van der Waals surface area contributed by atoms with E-state index >= 15 is 0 Å². The van der Waals surface area contributed by atoms with Crippen LogP contribution in [0.3, 0.4) is 0 Å². The molecular weight excluding hydrogens is 198 g/mol. The summed E-state index contributed by atoms with van der Waals surface area (Å²) in [6, 6.07) is 0.401. The molecule has 0 radical (unpaired) electrons. The summed E-state index contributed by atoms with van der Waals surface area (Å²) in [6.45, 7) is 5.81. The number of hydrogen-bond acceptors (Lipinski definition) is 2. The first-order chi connectivity index (χ1) is 7.74. The van der Waals surface area contributed by atoms with E-state index < -0.39 is 0 Å². The van der Waals surface area contributed by atoms with Crippen LogP contribution in [0.15, 0.2) is 36.1 Å². The lowest BCUT2D eigenvalue weighted by Crippen LogP contribution is -2.50. The summed E-state index contributed by atoms with van der Waals surface area (Å²) in [7, 11) is 2.02. The highest BCUT2D eigenvalue weighted by atomic mass is 16.5. The van der Waals surface area contributed by atoms with Gasteiger partial charge in [0.05, 0.1) is 0 Å². The van der Waals surface area contributed by atoms with Gasteiger partial charge in [0.1, 0.15) is 11.4 Å². The summed E-state index contributed by atoms with van der Waals surface area (Å²) < 4.78 is 6.16. The molecule has 2 nitrogen and oxygen atoms in total. The third-order valence-corrected chi connectivity index (χ3v) is 3.74. The molecule has 1 unspecified atom stereocenters. The maximum Gasteiger partial charge on any atom is 0.120 e. The highest BCUT2D eigenvalue weighted by Crippen LogP contribution is 2.46. The van der Waals surface area contributed by atoms with Crippen molar-refractivity contribution < 1.29 is 4.74 Å². The van der Waals surface area contributed by atoms with E-state index in [-0.39, 0.29) is 5.60 Å².